The Kier molecular flexibility index (Phi) is 4.77. The van der Waals surface area contributed by atoms with Crippen LogP contribution in [0.5, 0.6) is 0 Å². The summed E-state index contributed by atoms with van der Waals surface area (Å²) in [7, 11) is 0. The Balaban J connectivity index is 0.000000720. The number of para-hydroxylation sites is 1. The van der Waals surface area contributed by atoms with Crippen LogP contribution in [0.4, 0.5) is 0 Å². The number of nitrogens with zero attached hydrogens (tertiary/aromatic N) is 1. The zero-order valence-corrected chi connectivity index (χ0v) is 8.49. The summed E-state index contributed by atoms with van der Waals surface area (Å²) < 4.78 is 0. The fraction of sp³-hybridized carbons (Fsp3) is 0.125. The summed E-state index contributed by atoms with van der Waals surface area (Å²) in [6.07, 6.45) is 0. The van der Waals surface area contributed by atoms with Crippen molar-refractivity contribution in [2.24, 2.45) is 5.73 Å². The number of rotatable bonds is 1. The first-order valence-electron chi connectivity index (χ1n) is 3.54. The fourth-order valence-corrected chi connectivity index (χ4v) is 1.17. The number of aromatic amines is 1. The molecule has 0 amide bonds. The molecule has 0 aliphatic carbocycles. The molecule has 0 saturated carbocycles. The molecule has 3 N–H and O–H groups in total. The number of aromatic nitrogens is 2. The van der Waals surface area contributed by atoms with Crippen LogP contribution in [0.25, 0.3) is 10.9 Å². The van der Waals surface area contributed by atoms with E-state index in [1.165, 1.54) is 0 Å². The van der Waals surface area contributed by atoms with E-state index in [1.54, 1.807) is 0 Å². The van der Waals surface area contributed by atoms with Gasteiger partial charge in [0.1, 0.15) is 0 Å². The molecule has 0 radical (unpaired) electrons. The molecule has 1 heterocycles. The first kappa shape index (κ1) is 12.2. The number of nitrogens with two attached hydrogens (primary N) is 1. The Morgan fingerprint density at radius 3 is 2.62 bits per heavy atom. The minimum absolute atomic E-state index is 0. The summed E-state index contributed by atoms with van der Waals surface area (Å²) in [5.74, 6) is 0. The third kappa shape index (κ3) is 2.12. The van der Waals surface area contributed by atoms with Crippen LogP contribution in [-0.2, 0) is 6.54 Å². The van der Waals surface area contributed by atoms with Crippen molar-refractivity contribution in [3.8, 4) is 0 Å². The van der Waals surface area contributed by atoms with Gasteiger partial charge in [0, 0.05) is 11.9 Å². The Morgan fingerprint density at radius 1 is 1.23 bits per heavy atom. The van der Waals surface area contributed by atoms with Crippen LogP contribution in [-0.4, -0.2) is 10.2 Å². The summed E-state index contributed by atoms with van der Waals surface area (Å²) in [6, 6.07) is 7.92. The standard InChI is InChI=1S/C8H9N3.2ClH/c9-5-8-6-3-1-2-4-7(6)10-11-8;;/h1-4H,5,9H2,(H,10,11);2*1H. The van der Waals surface area contributed by atoms with E-state index in [1.807, 2.05) is 24.3 Å². The smallest absolute Gasteiger partial charge is 0.0924 e. The van der Waals surface area contributed by atoms with Gasteiger partial charge in [0.25, 0.3) is 0 Å². The highest BCUT2D eigenvalue weighted by Gasteiger charge is 1.99. The average Bonchev–Trinajstić information content (AvgIpc) is 2.47. The van der Waals surface area contributed by atoms with Crippen LogP contribution >= 0.6 is 24.8 Å². The maximum atomic E-state index is 5.49. The maximum absolute atomic E-state index is 5.49. The van der Waals surface area contributed by atoms with Gasteiger partial charge in [-0.3, -0.25) is 5.10 Å². The largest absolute Gasteiger partial charge is 0.325 e. The second kappa shape index (κ2) is 5.07. The molecule has 2 aromatic rings. The third-order valence-electron chi connectivity index (χ3n) is 1.74. The maximum Gasteiger partial charge on any atom is 0.0924 e. The van der Waals surface area contributed by atoms with Crippen LogP contribution in [0.3, 0.4) is 0 Å². The lowest BCUT2D eigenvalue weighted by atomic mass is 10.2. The highest BCUT2D eigenvalue weighted by Crippen LogP contribution is 2.13. The van der Waals surface area contributed by atoms with Crippen molar-refractivity contribution in [2.45, 2.75) is 6.54 Å². The van der Waals surface area contributed by atoms with Crippen molar-refractivity contribution in [2.75, 3.05) is 0 Å². The number of hydrogen-bond donors (Lipinski definition) is 2. The van der Waals surface area contributed by atoms with E-state index < -0.39 is 0 Å². The molecule has 0 atom stereocenters. The number of benzene rings is 1. The van der Waals surface area contributed by atoms with Crippen molar-refractivity contribution in [1.29, 1.82) is 0 Å². The van der Waals surface area contributed by atoms with Crippen molar-refractivity contribution in [1.82, 2.24) is 10.2 Å². The lowest BCUT2D eigenvalue weighted by Crippen LogP contribution is -1.96. The summed E-state index contributed by atoms with van der Waals surface area (Å²) in [4.78, 5) is 0. The van der Waals surface area contributed by atoms with E-state index in [-0.39, 0.29) is 24.8 Å². The highest BCUT2D eigenvalue weighted by atomic mass is 35.5. The average molecular weight is 220 g/mol. The lowest BCUT2D eigenvalue weighted by Gasteiger charge is -1.89. The van der Waals surface area contributed by atoms with Gasteiger partial charge in [0.15, 0.2) is 0 Å². The van der Waals surface area contributed by atoms with E-state index >= 15 is 0 Å². The molecule has 2 rings (SSSR count). The molecule has 1 aromatic carbocycles. The zero-order chi connectivity index (χ0) is 7.68. The molecule has 5 heteroatoms. The SMILES string of the molecule is Cl.Cl.NCc1[nH]nc2ccccc12. The highest BCUT2D eigenvalue weighted by molar-refractivity contribution is 5.85. The van der Waals surface area contributed by atoms with Gasteiger partial charge >= 0.3 is 0 Å². The van der Waals surface area contributed by atoms with Crippen molar-refractivity contribution >= 4 is 35.7 Å². The van der Waals surface area contributed by atoms with Gasteiger partial charge in [-0.25, -0.2) is 0 Å². The van der Waals surface area contributed by atoms with Crippen molar-refractivity contribution in [3.05, 3.63) is 30.0 Å². The predicted octanol–water partition coefficient (Wildman–Crippen LogP) is 1.87. The molecular formula is C8H11Cl2N3. The van der Waals surface area contributed by atoms with E-state index in [9.17, 15) is 0 Å². The van der Waals surface area contributed by atoms with E-state index in [4.69, 9.17) is 5.73 Å². The Bertz CT molecular complexity index is 372. The molecule has 72 valence electrons. The monoisotopic (exact) mass is 219 g/mol. The van der Waals surface area contributed by atoms with Gasteiger partial charge in [0.2, 0.25) is 0 Å². The lowest BCUT2D eigenvalue weighted by molar-refractivity contribution is 0.959. The predicted molar refractivity (Wildman–Crippen MR) is 58.5 cm³/mol. The molecule has 0 saturated heterocycles. The first-order chi connectivity index (χ1) is 5.42. The van der Waals surface area contributed by atoms with Crippen LogP contribution in [0, 0.1) is 0 Å². The molecule has 0 fully saturated rings. The quantitative estimate of drug-likeness (QED) is 0.770. The second-order valence-corrected chi connectivity index (χ2v) is 2.42. The van der Waals surface area contributed by atoms with Gasteiger partial charge in [0.05, 0.1) is 11.2 Å². The fourth-order valence-electron chi connectivity index (χ4n) is 1.17. The van der Waals surface area contributed by atoms with Gasteiger partial charge in [-0.2, -0.15) is 5.10 Å². The number of fused-ring (bicyclic) bond motifs is 1. The zero-order valence-electron chi connectivity index (χ0n) is 6.86. The van der Waals surface area contributed by atoms with Crippen LogP contribution in [0.2, 0.25) is 0 Å². The third-order valence-corrected chi connectivity index (χ3v) is 1.74. The van der Waals surface area contributed by atoms with Gasteiger partial charge in [-0.15, -0.1) is 24.8 Å². The molecule has 0 aliphatic heterocycles. The Labute approximate surface area is 88.5 Å². The number of H-pyrrole nitrogens is 1. The molecule has 0 spiro atoms. The van der Waals surface area contributed by atoms with Gasteiger partial charge in [-0.05, 0) is 6.07 Å². The summed E-state index contributed by atoms with van der Waals surface area (Å²) >= 11 is 0. The van der Waals surface area contributed by atoms with Gasteiger partial charge in [-0.1, -0.05) is 18.2 Å². The molecular weight excluding hydrogens is 209 g/mol. The van der Waals surface area contributed by atoms with E-state index in [0.717, 1.165) is 16.6 Å². The van der Waals surface area contributed by atoms with Crippen LogP contribution in [0.15, 0.2) is 24.3 Å². The Morgan fingerprint density at radius 2 is 1.92 bits per heavy atom. The van der Waals surface area contributed by atoms with E-state index in [2.05, 4.69) is 10.2 Å². The van der Waals surface area contributed by atoms with Crippen molar-refractivity contribution in [3.63, 3.8) is 0 Å². The minimum Gasteiger partial charge on any atom is -0.325 e. The number of hydrogen-bond acceptors (Lipinski definition) is 2. The molecule has 0 aliphatic rings. The van der Waals surface area contributed by atoms with Crippen LogP contribution in [0.1, 0.15) is 5.69 Å². The summed E-state index contributed by atoms with van der Waals surface area (Å²) in [6.45, 7) is 0.514. The first-order valence-corrected chi connectivity index (χ1v) is 3.54. The molecule has 0 unspecified atom stereocenters. The molecule has 13 heavy (non-hydrogen) atoms. The second-order valence-electron chi connectivity index (χ2n) is 2.42. The van der Waals surface area contributed by atoms with Gasteiger partial charge < -0.3 is 5.73 Å². The topological polar surface area (TPSA) is 54.7 Å². The molecule has 3 nitrogen and oxygen atoms in total. The molecule has 1 aromatic heterocycles. The van der Waals surface area contributed by atoms with Crippen molar-refractivity contribution < 1.29 is 0 Å². The van der Waals surface area contributed by atoms with E-state index in [0.29, 0.717) is 6.54 Å². The van der Waals surface area contributed by atoms with Crippen LogP contribution < -0.4 is 5.73 Å². The summed E-state index contributed by atoms with van der Waals surface area (Å²) in [5, 5.41) is 8.09. The summed E-state index contributed by atoms with van der Waals surface area (Å²) in [5.41, 5.74) is 7.47. The molecule has 0 bridgehead atoms. The number of nitrogens with one attached hydrogen (secondary N) is 1. The minimum atomic E-state index is 0. The Hall–Kier alpha value is -0.770. The normalized spacial score (nSPS) is 9.00. The number of halogens is 2.